The van der Waals surface area contributed by atoms with Gasteiger partial charge in [0.05, 0.1) is 35.4 Å². The molecule has 1 saturated carbocycles. The number of hydrogen-bond donors (Lipinski definition) is 2. The van der Waals surface area contributed by atoms with Gasteiger partial charge in [0.25, 0.3) is 0 Å². The number of piperidine rings is 1. The maximum absolute atomic E-state index is 12.8. The Morgan fingerprint density at radius 2 is 2.03 bits per heavy atom. The van der Waals surface area contributed by atoms with Gasteiger partial charge in [0, 0.05) is 39.4 Å². The number of methoxy groups -OCH3 is 1. The Bertz CT molecular complexity index is 980. The predicted molar refractivity (Wildman–Crippen MR) is 123 cm³/mol. The number of aromatic nitrogens is 2. The lowest BCUT2D eigenvalue weighted by atomic mass is 9.95. The third-order valence-electron chi connectivity index (χ3n) is 6.44. The Labute approximate surface area is 193 Å². The van der Waals surface area contributed by atoms with Gasteiger partial charge in [-0.15, -0.1) is 0 Å². The first kappa shape index (κ1) is 22.6. The summed E-state index contributed by atoms with van der Waals surface area (Å²) < 4.78 is 6.82. The van der Waals surface area contributed by atoms with Crippen LogP contribution in [0.1, 0.15) is 41.7 Å². The van der Waals surface area contributed by atoms with E-state index in [1.54, 1.807) is 12.4 Å². The molecule has 9 heteroatoms. The van der Waals surface area contributed by atoms with E-state index in [0.29, 0.717) is 29.6 Å². The van der Waals surface area contributed by atoms with Crippen LogP contribution in [0.15, 0.2) is 30.7 Å². The Hall–Kier alpha value is -2.58. The van der Waals surface area contributed by atoms with Gasteiger partial charge in [-0.2, -0.15) is 0 Å². The highest BCUT2D eigenvalue weighted by Crippen LogP contribution is 2.36. The lowest BCUT2D eigenvalue weighted by Crippen LogP contribution is -2.48. The first-order valence-electron chi connectivity index (χ1n) is 11.0. The molecule has 0 unspecified atom stereocenters. The minimum absolute atomic E-state index is 0.0821. The van der Waals surface area contributed by atoms with Crippen molar-refractivity contribution in [1.82, 2.24) is 20.2 Å². The fraction of sp³-hybridized carbons (Fsp3) is 0.522. The Balaban J connectivity index is 1.26. The van der Waals surface area contributed by atoms with E-state index in [1.165, 1.54) is 7.11 Å². The number of imidazole rings is 1. The molecule has 0 radical (unpaired) electrons. The van der Waals surface area contributed by atoms with Crippen molar-refractivity contribution < 1.29 is 14.3 Å². The Morgan fingerprint density at radius 3 is 2.66 bits per heavy atom. The number of esters is 1. The van der Waals surface area contributed by atoms with Crippen molar-refractivity contribution >= 4 is 29.2 Å². The van der Waals surface area contributed by atoms with Crippen LogP contribution in [0.2, 0.25) is 5.02 Å². The zero-order chi connectivity index (χ0) is 22.7. The normalized spacial score (nSPS) is 17.8. The van der Waals surface area contributed by atoms with E-state index in [2.05, 4.69) is 20.5 Å². The smallest absolute Gasteiger partial charge is 0.341 e. The summed E-state index contributed by atoms with van der Waals surface area (Å²) in [6.07, 6.45) is 7.30. The lowest BCUT2D eigenvalue weighted by Gasteiger charge is -2.35. The molecule has 0 spiro atoms. The molecular weight excluding hydrogens is 430 g/mol. The average molecular weight is 460 g/mol. The summed E-state index contributed by atoms with van der Waals surface area (Å²) in [4.78, 5) is 31.5. The zero-order valence-corrected chi connectivity index (χ0v) is 19.3. The molecule has 2 aromatic rings. The van der Waals surface area contributed by atoms with Gasteiger partial charge < -0.3 is 19.5 Å². The number of aryl methyl sites for hydroxylation is 1. The van der Waals surface area contributed by atoms with Crippen molar-refractivity contribution in [3.63, 3.8) is 0 Å². The number of carbonyl (C=O) groups is 2. The molecule has 172 valence electrons. The van der Waals surface area contributed by atoms with Gasteiger partial charge in [0.2, 0.25) is 5.91 Å². The van der Waals surface area contributed by atoms with Crippen molar-refractivity contribution in [2.24, 2.45) is 13.0 Å². The van der Waals surface area contributed by atoms with Gasteiger partial charge in [0.15, 0.2) is 0 Å². The number of rotatable bonds is 8. The Morgan fingerprint density at radius 1 is 1.28 bits per heavy atom. The molecule has 1 aromatic carbocycles. The second-order valence-electron chi connectivity index (χ2n) is 8.73. The van der Waals surface area contributed by atoms with Gasteiger partial charge >= 0.3 is 5.97 Å². The number of halogens is 1. The molecule has 2 fully saturated rings. The minimum Gasteiger partial charge on any atom is -0.465 e. The standard InChI is InChI=1S/C23H30ClN5O3/c1-28-14-17(26-15-28)13-27-23(8-9-23)22(31)25-12-16-6-10-29(11-7-16)19-5-3-4-18(24)20(19)21(30)32-2/h3-5,14-16,27H,6-13H2,1-2H3,(H,25,31). The second kappa shape index (κ2) is 9.50. The molecule has 2 N–H and O–H groups in total. The van der Waals surface area contributed by atoms with Crippen LogP contribution < -0.4 is 15.5 Å². The topological polar surface area (TPSA) is 88.5 Å². The fourth-order valence-corrected chi connectivity index (χ4v) is 4.54. The second-order valence-corrected chi connectivity index (χ2v) is 9.14. The largest absolute Gasteiger partial charge is 0.465 e. The van der Waals surface area contributed by atoms with Crippen LogP contribution in [0.4, 0.5) is 5.69 Å². The summed E-state index contributed by atoms with van der Waals surface area (Å²) in [7, 11) is 3.30. The van der Waals surface area contributed by atoms with Gasteiger partial charge in [-0.25, -0.2) is 9.78 Å². The summed E-state index contributed by atoms with van der Waals surface area (Å²) in [6, 6.07) is 5.46. The summed E-state index contributed by atoms with van der Waals surface area (Å²) >= 11 is 6.26. The summed E-state index contributed by atoms with van der Waals surface area (Å²) in [6.45, 7) is 2.86. The molecule has 1 aliphatic carbocycles. The third kappa shape index (κ3) is 4.91. The van der Waals surface area contributed by atoms with E-state index in [9.17, 15) is 9.59 Å². The maximum atomic E-state index is 12.8. The zero-order valence-electron chi connectivity index (χ0n) is 18.6. The van der Waals surface area contributed by atoms with E-state index < -0.39 is 11.5 Å². The highest BCUT2D eigenvalue weighted by molar-refractivity contribution is 6.34. The van der Waals surface area contributed by atoms with Gasteiger partial charge in [-0.1, -0.05) is 17.7 Å². The van der Waals surface area contributed by atoms with E-state index in [-0.39, 0.29) is 5.91 Å². The van der Waals surface area contributed by atoms with Crippen molar-refractivity contribution in [1.29, 1.82) is 0 Å². The first-order valence-corrected chi connectivity index (χ1v) is 11.4. The Kier molecular flexibility index (Phi) is 6.71. The van der Waals surface area contributed by atoms with Gasteiger partial charge in [-0.05, 0) is 43.7 Å². The molecule has 0 atom stereocenters. The SMILES string of the molecule is COC(=O)c1c(Cl)cccc1N1CCC(CNC(=O)C2(NCc3cn(C)cn3)CC2)CC1. The third-order valence-corrected chi connectivity index (χ3v) is 6.75. The molecule has 1 amide bonds. The molecule has 0 bridgehead atoms. The molecule has 1 aromatic heterocycles. The fourth-order valence-electron chi connectivity index (χ4n) is 4.29. The van der Waals surface area contributed by atoms with E-state index in [1.807, 2.05) is 29.9 Å². The molecule has 32 heavy (non-hydrogen) atoms. The predicted octanol–water partition coefficient (Wildman–Crippen LogP) is 2.52. The number of hydrogen-bond acceptors (Lipinski definition) is 6. The summed E-state index contributed by atoms with van der Waals surface area (Å²) in [5.41, 5.74) is 1.71. The number of anilines is 1. The van der Waals surface area contributed by atoms with E-state index in [0.717, 1.165) is 50.2 Å². The molecule has 1 aliphatic heterocycles. The van der Waals surface area contributed by atoms with E-state index in [4.69, 9.17) is 16.3 Å². The maximum Gasteiger partial charge on any atom is 0.341 e. The number of ether oxygens (including phenoxy) is 1. The van der Waals surface area contributed by atoms with E-state index >= 15 is 0 Å². The summed E-state index contributed by atoms with van der Waals surface area (Å²) in [5, 5.41) is 6.95. The van der Waals surface area contributed by atoms with Crippen molar-refractivity contribution in [2.45, 2.75) is 37.8 Å². The average Bonchev–Trinajstić information content (AvgIpc) is 3.49. The van der Waals surface area contributed by atoms with Crippen LogP contribution in [-0.4, -0.2) is 53.7 Å². The van der Waals surface area contributed by atoms with Crippen molar-refractivity contribution in [2.75, 3.05) is 31.6 Å². The van der Waals surface area contributed by atoms with Crippen LogP contribution in [0.25, 0.3) is 0 Å². The molecule has 2 aliphatic rings. The highest BCUT2D eigenvalue weighted by atomic mass is 35.5. The molecule has 1 saturated heterocycles. The number of carbonyl (C=O) groups excluding carboxylic acids is 2. The quantitative estimate of drug-likeness (QED) is 0.590. The molecule has 4 rings (SSSR count). The minimum atomic E-state index is -0.450. The monoisotopic (exact) mass is 459 g/mol. The first-order chi connectivity index (χ1) is 15.4. The highest BCUT2D eigenvalue weighted by Gasteiger charge is 2.49. The number of benzene rings is 1. The van der Waals surface area contributed by atoms with Crippen LogP contribution in [-0.2, 0) is 23.1 Å². The molecular formula is C23H30ClN5O3. The van der Waals surface area contributed by atoms with Crippen molar-refractivity contribution in [3.05, 3.63) is 47.0 Å². The van der Waals surface area contributed by atoms with Crippen LogP contribution in [0, 0.1) is 5.92 Å². The number of nitrogens with zero attached hydrogens (tertiary/aromatic N) is 3. The van der Waals surface area contributed by atoms with Gasteiger partial charge in [0.1, 0.15) is 5.56 Å². The number of nitrogens with one attached hydrogen (secondary N) is 2. The van der Waals surface area contributed by atoms with Crippen molar-refractivity contribution in [3.8, 4) is 0 Å². The lowest BCUT2D eigenvalue weighted by molar-refractivity contribution is -0.124. The summed E-state index contributed by atoms with van der Waals surface area (Å²) in [5.74, 6) is 0.0640. The van der Waals surface area contributed by atoms with Gasteiger partial charge in [-0.3, -0.25) is 10.1 Å². The van der Waals surface area contributed by atoms with Crippen LogP contribution in [0.3, 0.4) is 0 Å². The van der Waals surface area contributed by atoms with Crippen LogP contribution >= 0.6 is 11.6 Å². The molecule has 2 heterocycles. The number of amides is 1. The molecule has 8 nitrogen and oxygen atoms in total. The van der Waals surface area contributed by atoms with Crippen LogP contribution in [0.5, 0.6) is 0 Å².